The van der Waals surface area contributed by atoms with Crippen molar-refractivity contribution >= 4 is 11.8 Å². The highest BCUT2D eigenvalue weighted by molar-refractivity contribution is 6.04. The fraction of sp³-hybridized carbons (Fsp3) is 0.400. The van der Waals surface area contributed by atoms with Crippen LogP contribution in [0, 0.1) is 5.82 Å². The van der Waals surface area contributed by atoms with Gasteiger partial charge in [-0.2, -0.15) is 0 Å². The van der Waals surface area contributed by atoms with Crippen LogP contribution in [0.25, 0.3) is 0 Å². The van der Waals surface area contributed by atoms with Gasteiger partial charge in [0.25, 0.3) is 0 Å². The Bertz CT molecular complexity index is 1210. The minimum absolute atomic E-state index is 0.00522. The van der Waals surface area contributed by atoms with E-state index in [0.29, 0.717) is 29.7 Å². The second-order valence-electron chi connectivity index (χ2n) is 10.0. The summed E-state index contributed by atoms with van der Waals surface area (Å²) in [5.74, 6) is -0.544. The molecule has 1 N–H and O–H groups in total. The average Bonchev–Trinajstić information content (AvgIpc) is 2.89. The van der Waals surface area contributed by atoms with Gasteiger partial charge >= 0.3 is 5.97 Å². The monoisotopic (exact) mass is 489 g/mol. The zero-order valence-electron chi connectivity index (χ0n) is 20.8. The first-order chi connectivity index (χ1) is 17.4. The first kappa shape index (κ1) is 24.3. The molecule has 0 aromatic heterocycles. The average molecular weight is 490 g/mol. The van der Waals surface area contributed by atoms with E-state index in [1.54, 1.807) is 19.2 Å². The minimum Gasteiger partial charge on any atom is -0.497 e. The first-order valence-corrected chi connectivity index (χ1v) is 12.8. The zero-order valence-corrected chi connectivity index (χ0v) is 20.8. The number of rotatable bonds is 5. The smallest absolute Gasteiger partial charge is 0.337 e. The molecule has 188 valence electrons. The lowest BCUT2D eigenvalue weighted by atomic mass is 9.71. The van der Waals surface area contributed by atoms with Crippen molar-refractivity contribution in [3.63, 3.8) is 0 Å². The largest absolute Gasteiger partial charge is 0.497 e. The Morgan fingerprint density at radius 2 is 1.61 bits per heavy atom. The zero-order chi connectivity index (χ0) is 25.2. The molecule has 5 rings (SSSR count). The Balaban J connectivity index is 1.50. The summed E-state index contributed by atoms with van der Waals surface area (Å²) < 4.78 is 25.0. The number of nitrogens with one attached hydrogen (secondary N) is 1. The summed E-state index contributed by atoms with van der Waals surface area (Å²) in [5.41, 5.74) is 4.34. The van der Waals surface area contributed by atoms with E-state index in [1.807, 2.05) is 31.2 Å². The van der Waals surface area contributed by atoms with Crippen LogP contribution < -0.4 is 10.1 Å². The fourth-order valence-electron chi connectivity index (χ4n) is 5.81. The van der Waals surface area contributed by atoms with Crippen LogP contribution in [-0.4, -0.2) is 25.0 Å². The Kier molecular flexibility index (Phi) is 6.95. The molecule has 5 nitrogen and oxygen atoms in total. The number of halogens is 1. The van der Waals surface area contributed by atoms with E-state index >= 15 is 0 Å². The molecule has 1 saturated carbocycles. The molecule has 1 heterocycles. The van der Waals surface area contributed by atoms with Crippen molar-refractivity contribution in [2.45, 2.75) is 69.8 Å². The third kappa shape index (κ3) is 4.81. The quantitative estimate of drug-likeness (QED) is 0.517. The summed E-state index contributed by atoms with van der Waals surface area (Å²) in [4.78, 5) is 27.2. The predicted molar refractivity (Wildman–Crippen MR) is 135 cm³/mol. The third-order valence-electron chi connectivity index (χ3n) is 7.66. The molecule has 0 unspecified atom stereocenters. The van der Waals surface area contributed by atoms with Gasteiger partial charge in [-0.1, -0.05) is 30.7 Å². The highest BCUT2D eigenvalue weighted by atomic mass is 19.1. The lowest BCUT2D eigenvalue weighted by molar-refractivity contribution is -0.146. The number of methoxy groups -OCH3 is 1. The van der Waals surface area contributed by atoms with Crippen molar-refractivity contribution in [1.82, 2.24) is 5.32 Å². The topological polar surface area (TPSA) is 64.6 Å². The van der Waals surface area contributed by atoms with Crippen molar-refractivity contribution in [3.05, 3.63) is 88.0 Å². The van der Waals surface area contributed by atoms with Gasteiger partial charge in [0.2, 0.25) is 0 Å². The number of hydrogen-bond donors (Lipinski definition) is 1. The lowest BCUT2D eigenvalue weighted by Crippen LogP contribution is -2.37. The van der Waals surface area contributed by atoms with Gasteiger partial charge in [-0.05, 0) is 80.3 Å². The van der Waals surface area contributed by atoms with Gasteiger partial charge in [0.15, 0.2) is 5.78 Å². The van der Waals surface area contributed by atoms with Crippen LogP contribution in [0.4, 0.5) is 4.39 Å². The van der Waals surface area contributed by atoms with E-state index in [2.05, 4.69) is 5.32 Å². The molecule has 3 aliphatic rings. The van der Waals surface area contributed by atoms with E-state index in [9.17, 15) is 14.0 Å². The maximum atomic E-state index is 13.8. The van der Waals surface area contributed by atoms with Crippen LogP contribution in [0.5, 0.6) is 5.75 Å². The molecule has 2 aromatic carbocycles. The molecule has 0 saturated heterocycles. The van der Waals surface area contributed by atoms with Gasteiger partial charge in [-0.25, -0.2) is 9.18 Å². The number of ether oxygens (including phenoxy) is 2. The van der Waals surface area contributed by atoms with Crippen molar-refractivity contribution < 1.29 is 23.5 Å². The summed E-state index contributed by atoms with van der Waals surface area (Å²) in [7, 11) is 1.63. The number of hydrogen-bond acceptors (Lipinski definition) is 5. The molecule has 2 atom stereocenters. The van der Waals surface area contributed by atoms with Gasteiger partial charge in [0.05, 0.1) is 12.7 Å². The highest BCUT2D eigenvalue weighted by Gasteiger charge is 2.42. The number of dihydropyridines is 1. The molecule has 2 aromatic rings. The number of Topliss-reactive ketones (excluding diaryl/α,β-unsaturated/α-hetero) is 1. The normalized spacial score (nSPS) is 22.7. The number of ketones is 1. The summed E-state index contributed by atoms with van der Waals surface area (Å²) in [5, 5.41) is 3.39. The molecule has 1 aliphatic heterocycles. The summed E-state index contributed by atoms with van der Waals surface area (Å²) in [6.45, 7) is 1.86. The van der Waals surface area contributed by atoms with Gasteiger partial charge in [-0.3, -0.25) is 4.79 Å². The predicted octanol–water partition coefficient (Wildman–Crippen LogP) is 6.07. The molecule has 36 heavy (non-hydrogen) atoms. The maximum Gasteiger partial charge on any atom is 0.337 e. The Morgan fingerprint density at radius 1 is 0.944 bits per heavy atom. The van der Waals surface area contributed by atoms with Crippen LogP contribution in [0.3, 0.4) is 0 Å². The second kappa shape index (κ2) is 10.3. The number of carbonyl (C=O) groups excluding carboxylic acids is 2. The van der Waals surface area contributed by atoms with Crippen molar-refractivity contribution in [1.29, 1.82) is 0 Å². The van der Waals surface area contributed by atoms with Crippen LogP contribution in [0.2, 0.25) is 0 Å². The standard InChI is InChI=1S/C30H32FNO4/c1-18-27(30(34)36-24-6-4-3-5-7-24)28(20-8-12-22(31)13-9-20)29-25(32-18)16-21(17-26(29)33)19-10-14-23(35-2)15-11-19/h8-15,21,24,28,32H,3-7,16-17H2,1-2H3/t21-,28+/m0/s1. The Hall–Kier alpha value is -3.41. The van der Waals surface area contributed by atoms with Crippen LogP contribution >= 0.6 is 0 Å². The van der Waals surface area contributed by atoms with Crippen molar-refractivity contribution in [2.75, 3.05) is 7.11 Å². The van der Waals surface area contributed by atoms with Gasteiger partial charge in [-0.15, -0.1) is 0 Å². The number of esters is 1. The van der Waals surface area contributed by atoms with Gasteiger partial charge in [0, 0.05) is 29.3 Å². The maximum absolute atomic E-state index is 13.8. The Morgan fingerprint density at radius 3 is 2.28 bits per heavy atom. The van der Waals surface area contributed by atoms with E-state index in [0.717, 1.165) is 54.7 Å². The summed E-state index contributed by atoms with van der Waals surface area (Å²) in [6.07, 6.45) is 5.88. The van der Waals surface area contributed by atoms with Crippen molar-refractivity contribution in [3.8, 4) is 5.75 Å². The Labute approximate surface area is 211 Å². The van der Waals surface area contributed by atoms with Gasteiger partial charge in [0.1, 0.15) is 17.7 Å². The minimum atomic E-state index is -0.581. The molecule has 2 aliphatic carbocycles. The molecule has 0 bridgehead atoms. The molecule has 0 radical (unpaired) electrons. The molecule has 0 amide bonds. The van der Waals surface area contributed by atoms with E-state index in [4.69, 9.17) is 9.47 Å². The van der Waals surface area contributed by atoms with Crippen molar-refractivity contribution in [2.24, 2.45) is 0 Å². The number of allylic oxidation sites excluding steroid dienone is 3. The van der Waals surface area contributed by atoms with Crippen LogP contribution in [-0.2, 0) is 14.3 Å². The SMILES string of the molecule is COc1ccc([C@@H]2CC(=O)C3=C(C2)NC(C)=C(C(=O)OC2CCCCC2)[C@H]3c2ccc(F)cc2)cc1. The van der Waals surface area contributed by atoms with Crippen LogP contribution in [0.15, 0.2) is 71.1 Å². The van der Waals surface area contributed by atoms with Crippen LogP contribution in [0.1, 0.15) is 74.8 Å². The number of benzene rings is 2. The lowest BCUT2D eigenvalue weighted by Gasteiger charge is -2.37. The van der Waals surface area contributed by atoms with Gasteiger partial charge < -0.3 is 14.8 Å². The molecule has 1 fully saturated rings. The molecule has 0 spiro atoms. The van der Waals surface area contributed by atoms with E-state index in [1.165, 1.54) is 12.1 Å². The van der Waals surface area contributed by atoms with E-state index < -0.39 is 11.9 Å². The molecular weight excluding hydrogens is 457 g/mol. The molecular formula is C30H32FNO4. The molecule has 6 heteroatoms. The second-order valence-corrected chi connectivity index (χ2v) is 10.0. The first-order valence-electron chi connectivity index (χ1n) is 12.8. The summed E-state index contributed by atoms with van der Waals surface area (Å²) >= 11 is 0. The highest BCUT2D eigenvalue weighted by Crippen LogP contribution is 2.46. The number of carbonyl (C=O) groups is 2. The third-order valence-corrected chi connectivity index (χ3v) is 7.66. The van der Waals surface area contributed by atoms with E-state index in [-0.39, 0.29) is 23.6 Å². The fourth-order valence-corrected chi connectivity index (χ4v) is 5.81. The summed E-state index contributed by atoms with van der Waals surface area (Å²) in [6, 6.07) is 13.9.